The number of nitrogens with zero attached hydrogens (tertiary/aromatic N) is 2. The monoisotopic (exact) mass is 300 g/mol. The van der Waals surface area contributed by atoms with E-state index in [2.05, 4.69) is 46.4 Å². The number of aromatic amines is 1. The quantitative estimate of drug-likeness (QED) is 0.826. The Morgan fingerprint density at radius 3 is 2.50 bits per heavy atom. The van der Waals surface area contributed by atoms with E-state index in [0.29, 0.717) is 5.56 Å². The predicted molar refractivity (Wildman–Crippen MR) is 87.8 cm³/mol. The molecule has 1 atom stereocenters. The second kappa shape index (κ2) is 7.75. The van der Waals surface area contributed by atoms with E-state index in [-0.39, 0.29) is 11.9 Å². The van der Waals surface area contributed by atoms with Crippen LogP contribution in [0.2, 0.25) is 0 Å². The summed E-state index contributed by atoms with van der Waals surface area (Å²) in [6, 6.07) is 10.1. The summed E-state index contributed by atoms with van der Waals surface area (Å²) < 4.78 is 0. The fraction of sp³-hybridized carbons (Fsp3) is 0.412. The van der Waals surface area contributed by atoms with Crippen LogP contribution in [0, 0.1) is 6.92 Å². The number of carbonyl (C=O) groups is 1. The molecule has 2 aromatic rings. The molecule has 1 heterocycles. The maximum absolute atomic E-state index is 12.5. The predicted octanol–water partition coefficient (Wildman–Crippen LogP) is 2.53. The second-order valence-electron chi connectivity index (χ2n) is 5.33. The topological polar surface area (TPSA) is 61.0 Å². The fourth-order valence-electron chi connectivity index (χ4n) is 2.48. The number of likely N-dealkylation sites (N-methyl/N-ethyl adjacent to an activating group) is 1. The summed E-state index contributed by atoms with van der Waals surface area (Å²) in [5.41, 5.74) is 2.50. The van der Waals surface area contributed by atoms with E-state index < -0.39 is 0 Å². The van der Waals surface area contributed by atoms with Crippen LogP contribution in [-0.4, -0.2) is 40.6 Å². The van der Waals surface area contributed by atoms with Gasteiger partial charge in [0.15, 0.2) is 0 Å². The van der Waals surface area contributed by atoms with Gasteiger partial charge >= 0.3 is 0 Å². The van der Waals surface area contributed by atoms with Crippen molar-refractivity contribution >= 4 is 5.91 Å². The van der Waals surface area contributed by atoms with Crippen molar-refractivity contribution in [3.8, 4) is 0 Å². The average molecular weight is 300 g/mol. The van der Waals surface area contributed by atoms with Crippen LogP contribution < -0.4 is 5.32 Å². The molecule has 5 nitrogen and oxygen atoms in total. The number of amides is 1. The highest BCUT2D eigenvalue weighted by Gasteiger charge is 2.19. The highest BCUT2D eigenvalue weighted by Crippen LogP contribution is 2.16. The normalized spacial score (nSPS) is 12.4. The minimum absolute atomic E-state index is 0.0390. The smallest absolute Gasteiger partial charge is 0.255 e. The summed E-state index contributed by atoms with van der Waals surface area (Å²) in [5.74, 6) is -0.0905. The van der Waals surface area contributed by atoms with E-state index in [9.17, 15) is 4.79 Å². The molecule has 0 saturated carbocycles. The summed E-state index contributed by atoms with van der Waals surface area (Å²) in [6.45, 7) is 8.82. The molecule has 0 unspecified atom stereocenters. The molecule has 2 N–H and O–H groups in total. The van der Waals surface area contributed by atoms with Gasteiger partial charge in [-0.05, 0) is 25.6 Å². The van der Waals surface area contributed by atoms with Crippen molar-refractivity contribution in [3.63, 3.8) is 0 Å². The van der Waals surface area contributed by atoms with E-state index in [1.54, 1.807) is 6.20 Å². The van der Waals surface area contributed by atoms with Crippen molar-refractivity contribution in [1.82, 2.24) is 20.4 Å². The zero-order chi connectivity index (χ0) is 15.9. The first-order valence-electron chi connectivity index (χ1n) is 7.73. The van der Waals surface area contributed by atoms with Gasteiger partial charge in [-0.25, -0.2) is 0 Å². The van der Waals surface area contributed by atoms with Crippen molar-refractivity contribution in [1.29, 1.82) is 0 Å². The third kappa shape index (κ3) is 3.95. The molecule has 0 spiro atoms. The number of hydrogen-bond acceptors (Lipinski definition) is 3. The van der Waals surface area contributed by atoms with Gasteiger partial charge in [0.05, 0.1) is 17.8 Å². The fourth-order valence-corrected chi connectivity index (χ4v) is 2.48. The number of nitrogens with one attached hydrogen (secondary N) is 2. The Morgan fingerprint density at radius 2 is 1.95 bits per heavy atom. The summed E-state index contributed by atoms with van der Waals surface area (Å²) in [4.78, 5) is 14.8. The van der Waals surface area contributed by atoms with Crippen molar-refractivity contribution < 1.29 is 4.79 Å². The third-order valence-corrected chi connectivity index (χ3v) is 3.92. The first-order valence-corrected chi connectivity index (χ1v) is 7.73. The van der Waals surface area contributed by atoms with Gasteiger partial charge in [0.2, 0.25) is 0 Å². The molecule has 0 fully saturated rings. The van der Waals surface area contributed by atoms with E-state index in [1.807, 2.05) is 25.1 Å². The molecule has 0 saturated heterocycles. The molecule has 1 amide bonds. The van der Waals surface area contributed by atoms with Gasteiger partial charge in [0.1, 0.15) is 0 Å². The molecule has 0 bridgehead atoms. The van der Waals surface area contributed by atoms with Crippen LogP contribution in [0.1, 0.15) is 41.5 Å². The molecule has 0 aliphatic carbocycles. The van der Waals surface area contributed by atoms with Crippen LogP contribution in [0.15, 0.2) is 36.5 Å². The zero-order valence-electron chi connectivity index (χ0n) is 13.5. The molecule has 0 radical (unpaired) electrons. The molecule has 0 aliphatic rings. The summed E-state index contributed by atoms with van der Waals surface area (Å²) in [5, 5.41) is 9.86. The molecular weight excluding hydrogens is 276 g/mol. The van der Waals surface area contributed by atoms with E-state index in [0.717, 1.165) is 30.9 Å². The van der Waals surface area contributed by atoms with Gasteiger partial charge in [0.25, 0.3) is 5.91 Å². The molecule has 22 heavy (non-hydrogen) atoms. The Morgan fingerprint density at radius 1 is 1.27 bits per heavy atom. The average Bonchev–Trinajstić information content (AvgIpc) is 2.98. The molecule has 118 valence electrons. The summed E-state index contributed by atoms with van der Waals surface area (Å²) in [7, 11) is 0. The number of rotatable bonds is 7. The van der Waals surface area contributed by atoms with Gasteiger partial charge in [0, 0.05) is 12.2 Å². The van der Waals surface area contributed by atoms with Crippen LogP contribution in [0.4, 0.5) is 0 Å². The highest BCUT2D eigenvalue weighted by molar-refractivity contribution is 5.95. The zero-order valence-corrected chi connectivity index (χ0v) is 13.5. The lowest BCUT2D eigenvalue weighted by atomic mass is 10.1. The standard InChI is InChI=1S/C17H24N4O/c1-4-21(5-2)12-16(14-9-7-6-8-10-14)19-17(22)15-11-18-20-13(15)3/h6-11,16H,4-5,12H2,1-3H3,(H,18,20)(H,19,22)/t16-/m0/s1. The molecule has 0 aliphatic heterocycles. The van der Waals surface area contributed by atoms with Gasteiger partial charge in [-0.1, -0.05) is 44.2 Å². The highest BCUT2D eigenvalue weighted by atomic mass is 16.1. The van der Waals surface area contributed by atoms with Gasteiger partial charge in [-0.15, -0.1) is 0 Å². The minimum Gasteiger partial charge on any atom is -0.344 e. The maximum atomic E-state index is 12.5. The van der Waals surface area contributed by atoms with Crippen LogP contribution in [0.3, 0.4) is 0 Å². The van der Waals surface area contributed by atoms with Crippen molar-refractivity contribution in [2.24, 2.45) is 0 Å². The lowest BCUT2D eigenvalue weighted by Gasteiger charge is -2.26. The Kier molecular flexibility index (Phi) is 5.72. The lowest BCUT2D eigenvalue weighted by molar-refractivity contribution is 0.0925. The van der Waals surface area contributed by atoms with E-state index in [1.165, 1.54) is 0 Å². The molecule has 1 aromatic heterocycles. The molecule has 2 rings (SSSR count). The van der Waals surface area contributed by atoms with Crippen LogP contribution >= 0.6 is 0 Å². The van der Waals surface area contributed by atoms with E-state index >= 15 is 0 Å². The third-order valence-electron chi connectivity index (χ3n) is 3.92. The van der Waals surface area contributed by atoms with Crippen LogP contribution in [0.5, 0.6) is 0 Å². The summed E-state index contributed by atoms with van der Waals surface area (Å²) in [6.07, 6.45) is 1.57. The minimum atomic E-state index is -0.0905. The van der Waals surface area contributed by atoms with E-state index in [4.69, 9.17) is 0 Å². The summed E-state index contributed by atoms with van der Waals surface area (Å²) >= 11 is 0. The number of benzene rings is 1. The maximum Gasteiger partial charge on any atom is 0.255 e. The first-order chi connectivity index (χ1) is 10.7. The number of aryl methyl sites for hydroxylation is 1. The van der Waals surface area contributed by atoms with Gasteiger partial charge in [-0.3, -0.25) is 9.89 Å². The van der Waals surface area contributed by atoms with Crippen molar-refractivity contribution in [3.05, 3.63) is 53.3 Å². The van der Waals surface area contributed by atoms with Gasteiger partial charge in [-0.2, -0.15) is 5.10 Å². The van der Waals surface area contributed by atoms with Crippen LogP contribution in [-0.2, 0) is 0 Å². The van der Waals surface area contributed by atoms with Crippen molar-refractivity contribution in [2.45, 2.75) is 26.8 Å². The Bertz CT molecular complexity index is 590. The Hall–Kier alpha value is -2.14. The number of carbonyl (C=O) groups excluding carboxylic acids is 1. The molecule has 5 heteroatoms. The lowest BCUT2D eigenvalue weighted by Crippen LogP contribution is -2.38. The first kappa shape index (κ1) is 16.2. The SMILES string of the molecule is CCN(CC)C[C@H](NC(=O)c1cn[nH]c1C)c1ccccc1. The van der Waals surface area contributed by atoms with Gasteiger partial charge < -0.3 is 10.2 Å². The molecule has 1 aromatic carbocycles. The number of hydrogen-bond donors (Lipinski definition) is 2. The Balaban J connectivity index is 2.17. The largest absolute Gasteiger partial charge is 0.344 e. The second-order valence-corrected chi connectivity index (χ2v) is 5.33. The van der Waals surface area contributed by atoms with Crippen LogP contribution in [0.25, 0.3) is 0 Å². The number of H-pyrrole nitrogens is 1. The van der Waals surface area contributed by atoms with Crippen molar-refractivity contribution in [2.75, 3.05) is 19.6 Å². The molecular formula is C17H24N4O. The Labute approximate surface area is 131 Å². The number of aromatic nitrogens is 2.